The molecule has 0 saturated carbocycles. The highest BCUT2D eigenvalue weighted by Gasteiger charge is 2.30. The van der Waals surface area contributed by atoms with E-state index in [1.54, 1.807) is 6.26 Å². The first-order valence-corrected chi connectivity index (χ1v) is 9.45. The van der Waals surface area contributed by atoms with Crippen molar-refractivity contribution in [3.05, 3.63) is 0 Å². The lowest BCUT2D eigenvalue weighted by Crippen LogP contribution is -2.51. The van der Waals surface area contributed by atoms with E-state index in [9.17, 15) is 9.00 Å². The fourth-order valence-electron chi connectivity index (χ4n) is 2.52. The molecule has 0 aromatic carbocycles. The second-order valence-electron chi connectivity index (χ2n) is 6.87. The first-order chi connectivity index (χ1) is 9.69. The minimum atomic E-state index is -0.801. The molecular weight excluding hydrogens is 288 g/mol. The lowest BCUT2D eigenvalue weighted by atomic mass is 10.0. The van der Waals surface area contributed by atoms with Gasteiger partial charge in [-0.3, -0.25) is 4.21 Å². The minimum absolute atomic E-state index is 0.168. The predicted molar refractivity (Wildman–Crippen MR) is 87.0 cm³/mol. The number of hydrogen-bond acceptors (Lipinski definition) is 4. The van der Waals surface area contributed by atoms with Crippen molar-refractivity contribution in [2.75, 3.05) is 25.1 Å². The van der Waals surface area contributed by atoms with E-state index in [1.807, 2.05) is 32.6 Å². The number of ether oxygens (including phenoxy) is 1. The Bertz CT molecular complexity index is 368. The molecule has 1 N–H and O–H groups in total. The number of likely N-dealkylation sites (tertiary alicyclic amines) is 1. The van der Waals surface area contributed by atoms with Crippen LogP contribution in [0.5, 0.6) is 0 Å². The maximum absolute atomic E-state index is 12.3. The molecule has 21 heavy (non-hydrogen) atoms. The Kier molecular flexibility index (Phi) is 7.13. The Morgan fingerprint density at radius 1 is 1.43 bits per heavy atom. The number of hydrogen-bond donors (Lipinski definition) is 1. The lowest BCUT2D eigenvalue weighted by molar-refractivity contribution is 0.00976. The molecule has 3 unspecified atom stereocenters. The molecule has 1 rings (SSSR count). The number of amides is 1. The number of nitrogens with zero attached hydrogens (tertiary/aromatic N) is 1. The summed E-state index contributed by atoms with van der Waals surface area (Å²) in [6.45, 7) is 9.19. The van der Waals surface area contributed by atoms with Crippen LogP contribution >= 0.6 is 0 Å². The average Bonchev–Trinajstić information content (AvgIpc) is 2.33. The number of rotatable bonds is 5. The van der Waals surface area contributed by atoms with Gasteiger partial charge < -0.3 is 15.0 Å². The molecule has 124 valence electrons. The van der Waals surface area contributed by atoms with E-state index in [0.29, 0.717) is 5.75 Å². The lowest BCUT2D eigenvalue weighted by Gasteiger charge is -2.37. The van der Waals surface area contributed by atoms with E-state index < -0.39 is 16.4 Å². The SMILES string of the molecule is CC(CS(C)=O)NCC1CCCCN1C(=O)OC(C)(C)C. The second kappa shape index (κ2) is 8.13. The van der Waals surface area contributed by atoms with E-state index >= 15 is 0 Å². The van der Waals surface area contributed by atoms with E-state index in [-0.39, 0.29) is 18.2 Å². The zero-order chi connectivity index (χ0) is 16.0. The zero-order valence-corrected chi connectivity index (χ0v) is 14.8. The molecule has 1 aliphatic rings. The van der Waals surface area contributed by atoms with Crippen LogP contribution in [0.2, 0.25) is 0 Å². The standard InChI is InChI=1S/C15H30N2O3S/c1-12(11-21(5)19)16-10-13-8-6-7-9-17(13)14(18)20-15(2,3)4/h12-13,16H,6-11H2,1-5H3. The van der Waals surface area contributed by atoms with Gasteiger partial charge in [0.15, 0.2) is 0 Å². The number of carbonyl (C=O) groups is 1. The summed E-state index contributed by atoms with van der Waals surface area (Å²) in [7, 11) is -0.801. The number of piperidine rings is 1. The fourth-order valence-corrected chi connectivity index (χ4v) is 3.34. The molecule has 1 amide bonds. The van der Waals surface area contributed by atoms with Gasteiger partial charge in [-0.15, -0.1) is 0 Å². The van der Waals surface area contributed by atoms with Gasteiger partial charge in [0.05, 0.1) is 0 Å². The van der Waals surface area contributed by atoms with Gasteiger partial charge in [0, 0.05) is 48.0 Å². The Balaban J connectivity index is 2.53. The zero-order valence-electron chi connectivity index (χ0n) is 14.0. The van der Waals surface area contributed by atoms with Crippen LogP contribution in [-0.4, -0.2) is 58.0 Å². The molecule has 0 spiro atoms. The van der Waals surface area contributed by atoms with Crippen molar-refractivity contribution in [2.24, 2.45) is 0 Å². The van der Waals surface area contributed by atoms with Crippen molar-refractivity contribution < 1.29 is 13.7 Å². The highest BCUT2D eigenvalue weighted by Crippen LogP contribution is 2.20. The minimum Gasteiger partial charge on any atom is -0.444 e. The van der Waals surface area contributed by atoms with Gasteiger partial charge in [-0.1, -0.05) is 0 Å². The number of carbonyl (C=O) groups excluding carboxylic acids is 1. The highest BCUT2D eigenvalue weighted by atomic mass is 32.2. The van der Waals surface area contributed by atoms with Gasteiger partial charge in [0.25, 0.3) is 0 Å². The summed E-state index contributed by atoms with van der Waals surface area (Å²) in [4.78, 5) is 14.1. The first kappa shape index (κ1) is 18.4. The molecular formula is C15H30N2O3S. The molecule has 0 aromatic heterocycles. The van der Waals surface area contributed by atoms with Gasteiger partial charge in [-0.25, -0.2) is 4.79 Å². The van der Waals surface area contributed by atoms with Crippen molar-refractivity contribution in [2.45, 2.75) is 64.6 Å². The van der Waals surface area contributed by atoms with Crippen LogP contribution in [0.1, 0.15) is 47.0 Å². The smallest absolute Gasteiger partial charge is 0.410 e. The molecule has 0 aromatic rings. The van der Waals surface area contributed by atoms with E-state index in [1.165, 1.54) is 0 Å². The van der Waals surface area contributed by atoms with Crippen molar-refractivity contribution in [1.82, 2.24) is 10.2 Å². The van der Waals surface area contributed by atoms with Crippen molar-refractivity contribution in [3.8, 4) is 0 Å². The molecule has 6 heteroatoms. The van der Waals surface area contributed by atoms with Gasteiger partial charge in [-0.2, -0.15) is 0 Å². The summed E-state index contributed by atoms with van der Waals surface area (Å²) >= 11 is 0. The normalized spacial score (nSPS) is 22.7. The Hall–Kier alpha value is -0.620. The topological polar surface area (TPSA) is 58.6 Å². The summed E-state index contributed by atoms with van der Waals surface area (Å²) in [6, 6.07) is 0.361. The molecule has 1 fully saturated rings. The molecule has 3 atom stereocenters. The fraction of sp³-hybridized carbons (Fsp3) is 0.933. The molecule has 0 bridgehead atoms. The molecule has 0 radical (unpaired) electrons. The monoisotopic (exact) mass is 318 g/mol. The van der Waals surface area contributed by atoms with Crippen LogP contribution in [-0.2, 0) is 15.5 Å². The molecule has 5 nitrogen and oxygen atoms in total. The first-order valence-electron chi connectivity index (χ1n) is 7.72. The maximum Gasteiger partial charge on any atom is 0.410 e. The Morgan fingerprint density at radius 2 is 2.10 bits per heavy atom. The summed E-state index contributed by atoms with van der Waals surface area (Å²) in [5.74, 6) is 0.638. The largest absolute Gasteiger partial charge is 0.444 e. The maximum atomic E-state index is 12.3. The molecule has 0 aliphatic carbocycles. The molecule has 1 saturated heterocycles. The highest BCUT2D eigenvalue weighted by molar-refractivity contribution is 7.84. The van der Waals surface area contributed by atoms with Crippen LogP contribution in [0.4, 0.5) is 4.79 Å². The van der Waals surface area contributed by atoms with Gasteiger partial charge in [-0.05, 0) is 47.0 Å². The van der Waals surface area contributed by atoms with Crippen LogP contribution in [0.3, 0.4) is 0 Å². The third kappa shape index (κ3) is 7.27. The number of nitrogens with one attached hydrogen (secondary N) is 1. The van der Waals surface area contributed by atoms with Crippen LogP contribution in [0.25, 0.3) is 0 Å². The Morgan fingerprint density at radius 3 is 2.67 bits per heavy atom. The summed E-state index contributed by atoms with van der Waals surface area (Å²) in [6.07, 6.45) is 4.66. The average molecular weight is 318 g/mol. The predicted octanol–water partition coefficient (Wildman–Crippen LogP) is 2.13. The van der Waals surface area contributed by atoms with Gasteiger partial charge >= 0.3 is 6.09 Å². The summed E-state index contributed by atoms with van der Waals surface area (Å²) in [5.41, 5.74) is -0.459. The van der Waals surface area contributed by atoms with Crippen LogP contribution in [0.15, 0.2) is 0 Å². The summed E-state index contributed by atoms with van der Waals surface area (Å²) < 4.78 is 16.7. The van der Waals surface area contributed by atoms with E-state index in [0.717, 1.165) is 32.4 Å². The van der Waals surface area contributed by atoms with Crippen molar-refractivity contribution in [1.29, 1.82) is 0 Å². The van der Waals surface area contributed by atoms with Crippen LogP contribution in [0, 0.1) is 0 Å². The van der Waals surface area contributed by atoms with Gasteiger partial charge in [0.2, 0.25) is 0 Å². The molecule has 1 aliphatic heterocycles. The second-order valence-corrected chi connectivity index (χ2v) is 8.35. The van der Waals surface area contributed by atoms with Crippen molar-refractivity contribution in [3.63, 3.8) is 0 Å². The van der Waals surface area contributed by atoms with E-state index in [4.69, 9.17) is 4.74 Å². The van der Waals surface area contributed by atoms with Gasteiger partial charge in [0.1, 0.15) is 5.60 Å². The van der Waals surface area contributed by atoms with Crippen molar-refractivity contribution >= 4 is 16.9 Å². The van der Waals surface area contributed by atoms with E-state index in [2.05, 4.69) is 5.32 Å². The van der Waals surface area contributed by atoms with Crippen LogP contribution < -0.4 is 5.32 Å². The molecule has 1 heterocycles. The summed E-state index contributed by atoms with van der Waals surface area (Å²) in [5, 5.41) is 3.39. The third-order valence-corrected chi connectivity index (χ3v) is 4.41. The third-order valence-electron chi connectivity index (χ3n) is 3.44. The Labute approximate surface area is 131 Å². The quantitative estimate of drug-likeness (QED) is 0.844.